The Morgan fingerprint density at radius 1 is 1.35 bits per heavy atom. The van der Waals surface area contributed by atoms with Crippen molar-refractivity contribution in [2.24, 2.45) is 23.9 Å². The van der Waals surface area contributed by atoms with Crippen molar-refractivity contribution < 1.29 is 4.79 Å². The van der Waals surface area contributed by atoms with Gasteiger partial charge in [-0.25, -0.2) is 0 Å². The second-order valence-electron chi connectivity index (χ2n) is 7.56. The number of hydrogen-bond donors (Lipinski definition) is 1. The van der Waals surface area contributed by atoms with E-state index in [0.29, 0.717) is 19.0 Å². The molecule has 7 nitrogen and oxygen atoms in total. The number of aryl methyl sites for hydroxylation is 1. The van der Waals surface area contributed by atoms with Crippen LogP contribution in [0.25, 0.3) is 0 Å². The summed E-state index contributed by atoms with van der Waals surface area (Å²) in [5.74, 6) is 2.40. The summed E-state index contributed by atoms with van der Waals surface area (Å²) in [5, 5.41) is 7.55. The second kappa shape index (κ2) is 8.56. The lowest BCUT2D eigenvalue weighted by atomic mass is 9.80. The quantitative estimate of drug-likeness (QED) is 0.657. The molecule has 0 radical (unpaired) electrons. The van der Waals surface area contributed by atoms with Crippen LogP contribution in [0.15, 0.2) is 17.4 Å². The summed E-state index contributed by atoms with van der Waals surface area (Å²) in [4.78, 5) is 21.4. The maximum Gasteiger partial charge on any atom is 0.246 e. The average molecular weight is 361 g/mol. The minimum absolute atomic E-state index is 0.0980. The van der Waals surface area contributed by atoms with Gasteiger partial charge < -0.3 is 15.1 Å². The molecule has 3 rings (SSSR count). The fraction of sp³-hybridized carbons (Fsp3) is 0.737. The fourth-order valence-electron chi connectivity index (χ4n) is 3.97. The molecule has 1 aliphatic carbocycles. The molecule has 2 atom stereocenters. The standard InChI is InChI=1S/C19H32N6O/c1-4-20-19(21-11-16-8-6-5-7-15(16)2)24-9-10-25(18(26)14-24)17-12-22-23(3)13-17/h12-13,15-16H,4-11,14H2,1-3H3,(H,20,21). The van der Waals surface area contributed by atoms with Crippen LogP contribution in [0.1, 0.15) is 39.5 Å². The SMILES string of the molecule is CCNC(=NCC1CCCCC1C)N1CCN(c2cnn(C)c2)C(=O)C1. The molecular formula is C19H32N6O. The normalized spacial score (nSPS) is 24.9. The molecule has 1 N–H and O–H groups in total. The summed E-state index contributed by atoms with van der Waals surface area (Å²) < 4.78 is 1.73. The summed E-state index contributed by atoms with van der Waals surface area (Å²) >= 11 is 0. The van der Waals surface area contributed by atoms with Gasteiger partial charge in [0.15, 0.2) is 5.96 Å². The van der Waals surface area contributed by atoms with Gasteiger partial charge in [-0.2, -0.15) is 5.10 Å². The highest BCUT2D eigenvalue weighted by Gasteiger charge is 2.28. The Kier molecular flexibility index (Phi) is 6.16. The van der Waals surface area contributed by atoms with Gasteiger partial charge in [-0.3, -0.25) is 14.5 Å². The molecular weight excluding hydrogens is 328 g/mol. The zero-order valence-corrected chi connectivity index (χ0v) is 16.3. The Morgan fingerprint density at radius 3 is 2.81 bits per heavy atom. The molecule has 1 saturated carbocycles. The summed E-state index contributed by atoms with van der Waals surface area (Å²) in [6.45, 7) is 7.91. The van der Waals surface area contributed by atoms with Gasteiger partial charge in [0.2, 0.25) is 5.91 Å². The van der Waals surface area contributed by atoms with E-state index in [-0.39, 0.29) is 5.91 Å². The van der Waals surface area contributed by atoms with Gasteiger partial charge in [0.1, 0.15) is 6.54 Å². The molecule has 26 heavy (non-hydrogen) atoms. The van der Waals surface area contributed by atoms with E-state index in [9.17, 15) is 4.79 Å². The third kappa shape index (κ3) is 4.37. The highest BCUT2D eigenvalue weighted by molar-refractivity contribution is 5.98. The number of aliphatic imine (C=N–C) groups is 1. The lowest BCUT2D eigenvalue weighted by Crippen LogP contribution is -2.55. The van der Waals surface area contributed by atoms with E-state index in [1.807, 2.05) is 18.1 Å². The number of anilines is 1. The molecule has 144 valence electrons. The van der Waals surface area contributed by atoms with Crippen molar-refractivity contribution in [2.75, 3.05) is 37.6 Å². The average Bonchev–Trinajstić information content (AvgIpc) is 3.06. The van der Waals surface area contributed by atoms with Crippen molar-refractivity contribution in [1.82, 2.24) is 20.0 Å². The number of aromatic nitrogens is 2. The van der Waals surface area contributed by atoms with E-state index in [0.717, 1.165) is 37.2 Å². The van der Waals surface area contributed by atoms with Crippen molar-refractivity contribution in [3.8, 4) is 0 Å². The number of piperazine rings is 1. The summed E-state index contributed by atoms with van der Waals surface area (Å²) in [5.41, 5.74) is 0.870. The number of carbonyl (C=O) groups is 1. The minimum atomic E-state index is 0.0980. The summed E-state index contributed by atoms with van der Waals surface area (Å²) in [6, 6.07) is 0. The van der Waals surface area contributed by atoms with Crippen molar-refractivity contribution in [3.05, 3.63) is 12.4 Å². The zero-order chi connectivity index (χ0) is 18.5. The molecule has 0 aromatic carbocycles. The topological polar surface area (TPSA) is 65.8 Å². The van der Waals surface area contributed by atoms with Crippen LogP contribution < -0.4 is 10.2 Å². The number of carbonyl (C=O) groups excluding carboxylic acids is 1. The van der Waals surface area contributed by atoms with Crippen molar-refractivity contribution >= 4 is 17.6 Å². The Bertz CT molecular complexity index is 640. The van der Waals surface area contributed by atoms with Gasteiger partial charge >= 0.3 is 0 Å². The van der Waals surface area contributed by atoms with Crippen LogP contribution in [0.5, 0.6) is 0 Å². The van der Waals surface area contributed by atoms with Crippen molar-refractivity contribution in [3.63, 3.8) is 0 Å². The molecule has 0 spiro atoms. The Hall–Kier alpha value is -2.05. The number of guanidine groups is 1. The highest BCUT2D eigenvalue weighted by atomic mass is 16.2. The molecule has 1 saturated heterocycles. The van der Waals surface area contributed by atoms with Crippen LogP contribution >= 0.6 is 0 Å². The lowest BCUT2D eigenvalue weighted by Gasteiger charge is -2.36. The molecule has 7 heteroatoms. The number of nitrogens with zero attached hydrogens (tertiary/aromatic N) is 5. The Morgan fingerprint density at radius 2 is 2.15 bits per heavy atom. The van der Waals surface area contributed by atoms with E-state index in [1.165, 1.54) is 25.7 Å². The van der Waals surface area contributed by atoms with E-state index < -0.39 is 0 Å². The minimum Gasteiger partial charge on any atom is -0.357 e. The summed E-state index contributed by atoms with van der Waals surface area (Å²) in [6.07, 6.45) is 8.90. The first kappa shape index (κ1) is 18.7. The third-order valence-corrected chi connectivity index (χ3v) is 5.62. The zero-order valence-electron chi connectivity index (χ0n) is 16.3. The molecule has 1 aliphatic heterocycles. The van der Waals surface area contributed by atoms with Gasteiger partial charge in [0, 0.05) is 39.4 Å². The van der Waals surface area contributed by atoms with Gasteiger partial charge in [-0.15, -0.1) is 0 Å². The van der Waals surface area contributed by atoms with E-state index in [4.69, 9.17) is 4.99 Å². The first-order valence-corrected chi connectivity index (χ1v) is 9.90. The molecule has 0 bridgehead atoms. The number of hydrogen-bond acceptors (Lipinski definition) is 3. The summed E-state index contributed by atoms with van der Waals surface area (Å²) in [7, 11) is 1.87. The van der Waals surface area contributed by atoms with E-state index in [1.54, 1.807) is 10.9 Å². The van der Waals surface area contributed by atoms with Crippen LogP contribution in [0.4, 0.5) is 5.69 Å². The predicted octanol–water partition coefficient (Wildman–Crippen LogP) is 1.86. The predicted molar refractivity (Wildman–Crippen MR) is 104 cm³/mol. The lowest BCUT2D eigenvalue weighted by molar-refractivity contribution is -0.120. The Balaban J connectivity index is 1.63. The molecule has 2 fully saturated rings. The van der Waals surface area contributed by atoms with Crippen molar-refractivity contribution in [1.29, 1.82) is 0 Å². The third-order valence-electron chi connectivity index (χ3n) is 5.62. The Labute approximate surface area is 156 Å². The maximum atomic E-state index is 12.6. The second-order valence-corrected chi connectivity index (χ2v) is 7.56. The van der Waals surface area contributed by atoms with Crippen LogP contribution in [-0.4, -0.2) is 59.3 Å². The maximum absolute atomic E-state index is 12.6. The largest absolute Gasteiger partial charge is 0.357 e. The van der Waals surface area contributed by atoms with Crippen LogP contribution in [0.2, 0.25) is 0 Å². The first-order valence-electron chi connectivity index (χ1n) is 9.90. The van der Waals surface area contributed by atoms with Crippen molar-refractivity contribution in [2.45, 2.75) is 39.5 Å². The van der Waals surface area contributed by atoms with Gasteiger partial charge in [-0.05, 0) is 25.2 Å². The highest BCUT2D eigenvalue weighted by Crippen LogP contribution is 2.29. The molecule has 2 heterocycles. The molecule has 1 amide bonds. The van der Waals surface area contributed by atoms with Crippen LogP contribution in [0, 0.1) is 11.8 Å². The smallest absolute Gasteiger partial charge is 0.246 e. The van der Waals surface area contributed by atoms with Crippen LogP contribution in [0.3, 0.4) is 0 Å². The molecule has 2 aliphatic rings. The number of amides is 1. The fourth-order valence-corrected chi connectivity index (χ4v) is 3.97. The van der Waals surface area contributed by atoms with Gasteiger partial charge in [0.25, 0.3) is 0 Å². The van der Waals surface area contributed by atoms with E-state index >= 15 is 0 Å². The number of rotatable bonds is 4. The monoisotopic (exact) mass is 360 g/mol. The first-order chi connectivity index (χ1) is 12.6. The van der Waals surface area contributed by atoms with Gasteiger partial charge in [0.05, 0.1) is 11.9 Å². The molecule has 2 unspecified atom stereocenters. The molecule has 1 aromatic heterocycles. The number of nitrogens with one attached hydrogen (secondary N) is 1. The van der Waals surface area contributed by atoms with Crippen LogP contribution in [-0.2, 0) is 11.8 Å². The molecule has 1 aromatic rings. The van der Waals surface area contributed by atoms with Gasteiger partial charge in [-0.1, -0.05) is 26.2 Å². The van der Waals surface area contributed by atoms with E-state index in [2.05, 4.69) is 29.2 Å².